The molecule has 106 valence electrons. The van der Waals surface area contributed by atoms with Crippen molar-refractivity contribution in [2.45, 2.75) is 58.1 Å². The first-order chi connectivity index (χ1) is 8.50. The highest BCUT2D eigenvalue weighted by Crippen LogP contribution is 2.52. The Morgan fingerprint density at radius 3 is 2.78 bits per heavy atom. The summed E-state index contributed by atoms with van der Waals surface area (Å²) in [5, 5.41) is 3.70. The topological polar surface area (TPSA) is 30.5 Å². The molecule has 0 aromatic rings. The number of methoxy groups -OCH3 is 1. The molecule has 1 saturated heterocycles. The lowest BCUT2D eigenvalue weighted by atomic mass is 9.80. The molecule has 1 aliphatic carbocycles. The van der Waals surface area contributed by atoms with Crippen molar-refractivity contribution >= 4 is 0 Å². The average molecular weight is 255 g/mol. The van der Waals surface area contributed by atoms with E-state index in [9.17, 15) is 0 Å². The number of nitrogens with one attached hydrogen (secondary N) is 1. The monoisotopic (exact) mass is 255 g/mol. The molecule has 1 saturated carbocycles. The summed E-state index contributed by atoms with van der Waals surface area (Å²) in [6.07, 6.45) is 4.74. The molecule has 1 heterocycles. The second-order valence-corrected chi connectivity index (χ2v) is 6.89. The lowest BCUT2D eigenvalue weighted by Crippen LogP contribution is -2.59. The molecule has 0 bridgehead atoms. The molecule has 1 N–H and O–H groups in total. The Morgan fingerprint density at radius 1 is 1.39 bits per heavy atom. The summed E-state index contributed by atoms with van der Waals surface area (Å²) in [6, 6.07) is 0.498. The fourth-order valence-electron chi connectivity index (χ4n) is 4.18. The lowest BCUT2D eigenvalue weighted by Gasteiger charge is -2.45. The fourth-order valence-corrected chi connectivity index (χ4v) is 4.18. The van der Waals surface area contributed by atoms with E-state index in [4.69, 9.17) is 9.47 Å². The Hall–Kier alpha value is -0.120. The maximum absolute atomic E-state index is 6.31. The van der Waals surface area contributed by atoms with E-state index in [-0.39, 0.29) is 5.60 Å². The third-order valence-corrected chi connectivity index (χ3v) is 4.74. The smallest absolute Gasteiger partial charge is 0.0865 e. The van der Waals surface area contributed by atoms with Crippen LogP contribution in [0.25, 0.3) is 0 Å². The van der Waals surface area contributed by atoms with Crippen LogP contribution in [-0.2, 0) is 9.47 Å². The first-order valence-electron chi connectivity index (χ1n) is 7.36. The molecule has 0 radical (unpaired) electrons. The number of hydrogen-bond acceptors (Lipinski definition) is 3. The van der Waals surface area contributed by atoms with E-state index >= 15 is 0 Å². The van der Waals surface area contributed by atoms with E-state index in [2.05, 4.69) is 26.1 Å². The Bertz CT molecular complexity index is 280. The Kier molecular flexibility index (Phi) is 4.35. The summed E-state index contributed by atoms with van der Waals surface area (Å²) < 4.78 is 11.5. The number of rotatable bonds is 4. The molecule has 2 aliphatic rings. The quantitative estimate of drug-likeness (QED) is 0.783. The van der Waals surface area contributed by atoms with Gasteiger partial charge in [0.25, 0.3) is 0 Å². The molecule has 0 amide bonds. The summed E-state index contributed by atoms with van der Waals surface area (Å²) in [5.74, 6) is 0.646. The van der Waals surface area contributed by atoms with E-state index < -0.39 is 0 Å². The van der Waals surface area contributed by atoms with Crippen molar-refractivity contribution < 1.29 is 9.47 Å². The first-order valence-corrected chi connectivity index (χ1v) is 7.36. The predicted octanol–water partition coefficient (Wildman–Crippen LogP) is 2.60. The highest BCUT2D eigenvalue weighted by molar-refractivity contribution is 5.07. The number of ether oxygens (including phenoxy) is 2. The van der Waals surface area contributed by atoms with Gasteiger partial charge in [0.15, 0.2) is 0 Å². The Labute approximate surface area is 112 Å². The molecule has 3 nitrogen and oxygen atoms in total. The van der Waals surface area contributed by atoms with Gasteiger partial charge in [0, 0.05) is 26.3 Å². The molecule has 1 spiro atoms. The van der Waals surface area contributed by atoms with Gasteiger partial charge in [0.2, 0.25) is 0 Å². The number of hydrogen-bond donors (Lipinski definition) is 1. The van der Waals surface area contributed by atoms with Gasteiger partial charge in [-0.2, -0.15) is 0 Å². The molecule has 2 fully saturated rings. The molecule has 2 rings (SSSR count). The van der Waals surface area contributed by atoms with Gasteiger partial charge >= 0.3 is 0 Å². The Morgan fingerprint density at radius 2 is 2.17 bits per heavy atom. The standard InChI is InChI=1S/C15H29NO2/c1-12-10-14(2,3)11-15(12)13(6-5-8-17-4)16-7-9-18-15/h12-13,16H,5-11H2,1-4H3. The van der Waals surface area contributed by atoms with Gasteiger partial charge in [-0.3, -0.25) is 0 Å². The third kappa shape index (κ3) is 2.73. The Balaban J connectivity index is 2.06. The van der Waals surface area contributed by atoms with Gasteiger partial charge in [0.1, 0.15) is 0 Å². The van der Waals surface area contributed by atoms with E-state index in [0.29, 0.717) is 17.4 Å². The van der Waals surface area contributed by atoms with Crippen LogP contribution in [0.15, 0.2) is 0 Å². The van der Waals surface area contributed by atoms with E-state index in [1.807, 2.05) is 0 Å². The van der Waals surface area contributed by atoms with Crippen molar-refractivity contribution in [2.24, 2.45) is 11.3 Å². The van der Waals surface area contributed by atoms with Gasteiger partial charge in [-0.25, -0.2) is 0 Å². The van der Waals surface area contributed by atoms with Crippen molar-refractivity contribution in [3.05, 3.63) is 0 Å². The van der Waals surface area contributed by atoms with Crippen LogP contribution in [0.4, 0.5) is 0 Å². The summed E-state index contributed by atoms with van der Waals surface area (Å²) in [7, 11) is 1.78. The summed E-state index contributed by atoms with van der Waals surface area (Å²) in [5.41, 5.74) is 0.480. The van der Waals surface area contributed by atoms with Crippen molar-refractivity contribution in [2.75, 3.05) is 26.9 Å². The van der Waals surface area contributed by atoms with Crippen LogP contribution in [0.2, 0.25) is 0 Å². The molecule has 3 unspecified atom stereocenters. The minimum absolute atomic E-state index is 0.0650. The summed E-state index contributed by atoms with van der Waals surface area (Å²) in [4.78, 5) is 0. The summed E-state index contributed by atoms with van der Waals surface area (Å²) in [6.45, 7) is 9.83. The molecular weight excluding hydrogens is 226 g/mol. The highest BCUT2D eigenvalue weighted by Gasteiger charge is 2.54. The van der Waals surface area contributed by atoms with Crippen molar-refractivity contribution in [1.29, 1.82) is 0 Å². The van der Waals surface area contributed by atoms with Crippen LogP contribution < -0.4 is 5.32 Å². The van der Waals surface area contributed by atoms with Gasteiger partial charge < -0.3 is 14.8 Å². The molecule has 18 heavy (non-hydrogen) atoms. The predicted molar refractivity (Wildman–Crippen MR) is 73.8 cm³/mol. The second kappa shape index (κ2) is 5.48. The van der Waals surface area contributed by atoms with Gasteiger partial charge in [0.05, 0.1) is 12.2 Å². The van der Waals surface area contributed by atoms with Crippen LogP contribution in [0, 0.1) is 11.3 Å². The highest BCUT2D eigenvalue weighted by atomic mass is 16.5. The van der Waals surface area contributed by atoms with Crippen molar-refractivity contribution in [3.8, 4) is 0 Å². The van der Waals surface area contributed by atoms with Gasteiger partial charge in [-0.05, 0) is 37.0 Å². The molecule has 3 atom stereocenters. The van der Waals surface area contributed by atoms with Crippen molar-refractivity contribution in [1.82, 2.24) is 5.32 Å². The SMILES string of the molecule is COCCCC1NCCOC12CC(C)(C)CC2C. The van der Waals surface area contributed by atoms with Crippen LogP contribution in [-0.4, -0.2) is 38.5 Å². The molecular formula is C15H29NO2. The fraction of sp³-hybridized carbons (Fsp3) is 1.00. The minimum Gasteiger partial charge on any atom is -0.385 e. The lowest BCUT2D eigenvalue weighted by molar-refractivity contribution is -0.122. The van der Waals surface area contributed by atoms with E-state index in [0.717, 1.165) is 32.6 Å². The third-order valence-electron chi connectivity index (χ3n) is 4.74. The molecule has 0 aromatic heterocycles. The zero-order valence-electron chi connectivity index (χ0n) is 12.4. The average Bonchev–Trinajstić information content (AvgIpc) is 2.52. The molecule has 0 aromatic carbocycles. The summed E-state index contributed by atoms with van der Waals surface area (Å²) >= 11 is 0. The molecule has 3 heteroatoms. The first kappa shape index (κ1) is 14.3. The zero-order valence-corrected chi connectivity index (χ0v) is 12.4. The molecule has 1 aliphatic heterocycles. The van der Waals surface area contributed by atoms with Gasteiger partial charge in [-0.1, -0.05) is 20.8 Å². The maximum atomic E-state index is 6.31. The maximum Gasteiger partial charge on any atom is 0.0865 e. The van der Waals surface area contributed by atoms with Crippen LogP contribution >= 0.6 is 0 Å². The largest absolute Gasteiger partial charge is 0.385 e. The normalized spacial score (nSPS) is 39.3. The minimum atomic E-state index is 0.0650. The van der Waals surface area contributed by atoms with Gasteiger partial charge in [-0.15, -0.1) is 0 Å². The van der Waals surface area contributed by atoms with E-state index in [1.54, 1.807) is 7.11 Å². The van der Waals surface area contributed by atoms with Crippen LogP contribution in [0.3, 0.4) is 0 Å². The zero-order chi connectivity index (χ0) is 13.2. The van der Waals surface area contributed by atoms with Crippen molar-refractivity contribution in [3.63, 3.8) is 0 Å². The van der Waals surface area contributed by atoms with Crippen LogP contribution in [0.5, 0.6) is 0 Å². The second-order valence-electron chi connectivity index (χ2n) is 6.89. The van der Waals surface area contributed by atoms with E-state index in [1.165, 1.54) is 12.8 Å². The number of morpholine rings is 1. The van der Waals surface area contributed by atoms with Crippen LogP contribution in [0.1, 0.15) is 46.5 Å².